The summed E-state index contributed by atoms with van der Waals surface area (Å²) < 4.78 is 5.72. The predicted octanol–water partition coefficient (Wildman–Crippen LogP) is 2.86. The lowest BCUT2D eigenvalue weighted by atomic mass is 10.2. The number of hydrogen-bond acceptors (Lipinski definition) is 5. The van der Waals surface area contributed by atoms with Crippen LogP contribution in [0.4, 0.5) is 11.5 Å². The van der Waals surface area contributed by atoms with E-state index in [0.29, 0.717) is 11.8 Å². The highest BCUT2D eigenvalue weighted by Gasteiger charge is 2.20. The lowest BCUT2D eigenvalue weighted by Crippen LogP contribution is -2.47. The molecule has 1 aliphatic heterocycles. The van der Waals surface area contributed by atoms with Gasteiger partial charge in [-0.2, -0.15) is 0 Å². The number of rotatable bonds is 4. The van der Waals surface area contributed by atoms with Gasteiger partial charge < -0.3 is 14.5 Å². The number of para-hydroxylation sites is 2. The summed E-state index contributed by atoms with van der Waals surface area (Å²) in [6, 6.07) is 11.9. The Kier molecular flexibility index (Phi) is 4.63. The van der Waals surface area contributed by atoms with E-state index >= 15 is 0 Å². The molecule has 116 valence electrons. The van der Waals surface area contributed by atoms with Gasteiger partial charge in [0.05, 0.1) is 12.3 Å². The van der Waals surface area contributed by atoms with Crippen LogP contribution < -0.4 is 14.5 Å². The maximum atomic E-state index is 5.79. The Morgan fingerprint density at radius 1 is 1.00 bits per heavy atom. The van der Waals surface area contributed by atoms with E-state index in [1.165, 1.54) is 0 Å². The molecule has 5 nitrogen and oxygen atoms in total. The van der Waals surface area contributed by atoms with Gasteiger partial charge in [-0.3, -0.25) is 0 Å². The van der Waals surface area contributed by atoms with Crippen LogP contribution in [-0.2, 0) is 0 Å². The van der Waals surface area contributed by atoms with Crippen LogP contribution in [0.3, 0.4) is 0 Å². The summed E-state index contributed by atoms with van der Waals surface area (Å²) >= 11 is 5.79. The lowest BCUT2D eigenvalue weighted by Gasteiger charge is -2.37. The largest absolute Gasteiger partial charge is 0.492 e. The van der Waals surface area contributed by atoms with Crippen LogP contribution in [0.2, 0.25) is 5.15 Å². The minimum Gasteiger partial charge on any atom is -0.492 e. The van der Waals surface area contributed by atoms with Gasteiger partial charge in [-0.15, -0.1) is 10.2 Å². The second-order valence-corrected chi connectivity index (χ2v) is 5.48. The first kappa shape index (κ1) is 14.9. The van der Waals surface area contributed by atoms with Crippen molar-refractivity contribution in [3.63, 3.8) is 0 Å². The Labute approximate surface area is 135 Å². The summed E-state index contributed by atoms with van der Waals surface area (Å²) in [6.45, 7) is 6.33. The predicted molar refractivity (Wildman–Crippen MR) is 89.1 cm³/mol. The highest BCUT2D eigenvalue weighted by atomic mass is 35.5. The molecule has 3 rings (SSSR count). The highest BCUT2D eigenvalue weighted by molar-refractivity contribution is 6.29. The number of ether oxygens (including phenoxy) is 1. The molecule has 22 heavy (non-hydrogen) atoms. The van der Waals surface area contributed by atoms with Crippen LogP contribution in [0, 0.1) is 0 Å². The van der Waals surface area contributed by atoms with Crippen LogP contribution in [0.25, 0.3) is 0 Å². The van der Waals surface area contributed by atoms with Gasteiger partial charge in [-0.1, -0.05) is 23.7 Å². The number of benzene rings is 1. The summed E-state index contributed by atoms with van der Waals surface area (Å²) in [5, 5.41) is 8.48. The Bertz CT molecular complexity index is 612. The fourth-order valence-corrected chi connectivity index (χ4v) is 2.75. The van der Waals surface area contributed by atoms with Crippen molar-refractivity contribution in [1.29, 1.82) is 0 Å². The maximum absolute atomic E-state index is 5.79. The van der Waals surface area contributed by atoms with Crippen molar-refractivity contribution in [2.24, 2.45) is 0 Å². The van der Waals surface area contributed by atoms with Gasteiger partial charge in [0, 0.05) is 26.2 Å². The zero-order chi connectivity index (χ0) is 15.4. The summed E-state index contributed by atoms with van der Waals surface area (Å²) in [4.78, 5) is 4.58. The van der Waals surface area contributed by atoms with Crippen molar-refractivity contribution in [3.8, 4) is 5.75 Å². The Morgan fingerprint density at radius 2 is 1.73 bits per heavy atom. The number of halogens is 1. The van der Waals surface area contributed by atoms with Crippen molar-refractivity contribution >= 4 is 23.1 Å². The van der Waals surface area contributed by atoms with Crippen LogP contribution >= 0.6 is 11.6 Å². The van der Waals surface area contributed by atoms with Crippen molar-refractivity contribution in [2.75, 3.05) is 42.6 Å². The molecule has 1 fully saturated rings. The standard InChI is InChI=1S/C16H19ClN4O/c1-2-22-14-6-4-3-5-13(14)20-9-11-21(12-10-20)16-8-7-15(17)18-19-16/h3-8H,2,9-12H2,1H3. The number of piperazine rings is 1. The first-order chi connectivity index (χ1) is 10.8. The fraction of sp³-hybridized carbons (Fsp3) is 0.375. The minimum atomic E-state index is 0.424. The molecule has 6 heteroatoms. The molecule has 2 heterocycles. The summed E-state index contributed by atoms with van der Waals surface area (Å²) in [5.74, 6) is 1.83. The monoisotopic (exact) mass is 318 g/mol. The average Bonchev–Trinajstić information content (AvgIpc) is 2.57. The lowest BCUT2D eigenvalue weighted by molar-refractivity contribution is 0.340. The molecular formula is C16H19ClN4O. The van der Waals surface area contributed by atoms with Crippen LogP contribution in [0.5, 0.6) is 5.75 Å². The maximum Gasteiger partial charge on any atom is 0.151 e. The zero-order valence-corrected chi connectivity index (χ0v) is 13.3. The molecule has 0 unspecified atom stereocenters. The molecule has 0 atom stereocenters. The van der Waals surface area contributed by atoms with Crippen molar-refractivity contribution in [3.05, 3.63) is 41.6 Å². The number of aromatic nitrogens is 2. The molecule has 1 saturated heterocycles. The minimum absolute atomic E-state index is 0.424. The third-order valence-corrected chi connectivity index (χ3v) is 3.93. The first-order valence-electron chi connectivity index (χ1n) is 7.49. The van der Waals surface area contributed by atoms with E-state index in [-0.39, 0.29) is 0 Å². The third kappa shape index (κ3) is 3.25. The Morgan fingerprint density at radius 3 is 2.41 bits per heavy atom. The highest BCUT2D eigenvalue weighted by Crippen LogP contribution is 2.29. The summed E-state index contributed by atoms with van der Waals surface area (Å²) in [7, 11) is 0. The number of anilines is 2. The molecule has 0 N–H and O–H groups in total. The number of nitrogens with zero attached hydrogens (tertiary/aromatic N) is 4. The average molecular weight is 319 g/mol. The molecule has 0 aliphatic carbocycles. The van der Waals surface area contributed by atoms with Gasteiger partial charge in [0.1, 0.15) is 5.75 Å². The molecule has 1 aliphatic rings. The topological polar surface area (TPSA) is 41.5 Å². The molecule has 0 spiro atoms. The van der Waals surface area contributed by atoms with Gasteiger partial charge >= 0.3 is 0 Å². The van der Waals surface area contributed by atoms with Gasteiger partial charge in [0.25, 0.3) is 0 Å². The first-order valence-corrected chi connectivity index (χ1v) is 7.86. The normalized spacial score (nSPS) is 15.0. The van der Waals surface area contributed by atoms with E-state index < -0.39 is 0 Å². The molecule has 2 aromatic rings. The molecular weight excluding hydrogens is 300 g/mol. The van der Waals surface area contributed by atoms with Gasteiger partial charge in [-0.25, -0.2) is 0 Å². The fourth-order valence-electron chi connectivity index (χ4n) is 2.65. The zero-order valence-electron chi connectivity index (χ0n) is 12.6. The second-order valence-electron chi connectivity index (χ2n) is 5.09. The second kappa shape index (κ2) is 6.83. The van der Waals surface area contributed by atoms with E-state index in [1.807, 2.05) is 25.1 Å². The van der Waals surface area contributed by atoms with Crippen molar-refractivity contribution < 1.29 is 4.74 Å². The summed E-state index contributed by atoms with van der Waals surface area (Å²) in [5.41, 5.74) is 1.16. The Hall–Kier alpha value is -2.01. The van der Waals surface area contributed by atoms with Crippen LogP contribution in [0.1, 0.15) is 6.92 Å². The smallest absolute Gasteiger partial charge is 0.151 e. The molecule has 0 saturated carbocycles. The van der Waals surface area contributed by atoms with E-state index in [0.717, 1.165) is 43.4 Å². The van der Waals surface area contributed by atoms with Gasteiger partial charge in [-0.05, 0) is 31.2 Å². The van der Waals surface area contributed by atoms with E-state index in [2.05, 4.69) is 32.1 Å². The van der Waals surface area contributed by atoms with Crippen molar-refractivity contribution in [2.45, 2.75) is 6.92 Å². The van der Waals surface area contributed by atoms with E-state index in [1.54, 1.807) is 6.07 Å². The van der Waals surface area contributed by atoms with E-state index in [4.69, 9.17) is 16.3 Å². The molecule has 0 amide bonds. The van der Waals surface area contributed by atoms with Crippen molar-refractivity contribution in [1.82, 2.24) is 10.2 Å². The quantitative estimate of drug-likeness (QED) is 0.867. The van der Waals surface area contributed by atoms with E-state index in [9.17, 15) is 0 Å². The molecule has 0 bridgehead atoms. The Balaban J connectivity index is 1.68. The molecule has 1 aromatic heterocycles. The summed E-state index contributed by atoms with van der Waals surface area (Å²) in [6.07, 6.45) is 0. The SMILES string of the molecule is CCOc1ccccc1N1CCN(c2ccc(Cl)nn2)CC1. The molecule has 1 aromatic carbocycles. The van der Waals surface area contributed by atoms with Gasteiger partial charge in [0.2, 0.25) is 0 Å². The van der Waals surface area contributed by atoms with Gasteiger partial charge in [0.15, 0.2) is 11.0 Å². The number of hydrogen-bond donors (Lipinski definition) is 0. The third-order valence-electron chi connectivity index (χ3n) is 3.73. The molecule has 0 radical (unpaired) electrons. The van der Waals surface area contributed by atoms with Crippen LogP contribution in [0.15, 0.2) is 36.4 Å². The van der Waals surface area contributed by atoms with Crippen LogP contribution in [-0.4, -0.2) is 43.0 Å².